The van der Waals surface area contributed by atoms with Crippen LogP contribution in [0.25, 0.3) is 32.1 Å². The van der Waals surface area contributed by atoms with Gasteiger partial charge in [-0.05, 0) is 24.3 Å². The Morgan fingerprint density at radius 3 is 2.55 bits per heavy atom. The molecule has 0 saturated heterocycles. The molecule has 7 heteroatoms. The lowest BCUT2D eigenvalue weighted by Gasteiger charge is -2.04. The highest BCUT2D eigenvalue weighted by Gasteiger charge is 2.11. The summed E-state index contributed by atoms with van der Waals surface area (Å²) in [4.78, 5) is 25.6. The zero-order valence-corrected chi connectivity index (χ0v) is 17.3. The Balaban J connectivity index is 1.18. The van der Waals surface area contributed by atoms with Crippen LogP contribution in [0.15, 0.2) is 83.5 Å². The van der Waals surface area contributed by atoms with E-state index in [2.05, 4.69) is 26.3 Å². The van der Waals surface area contributed by atoms with Crippen molar-refractivity contribution in [3.05, 3.63) is 85.0 Å². The van der Waals surface area contributed by atoms with Gasteiger partial charge in [0.2, 0.25) is 5.91 Å². The van der Waals surface area contributed by atoms with Crippen LogP contribution >= 0.6 is 11.3 Å². The van der Waals surface area contributed by atoms with Crippen molar-refractivity contribution >= 4 is 33.3 Å². The molecule has 0 radical (unpaired) electrons. The van der Waals surface area contributed by atoms with Gasteiger partial charge in [-0.15, -0.1) is 11.3 Å². The smallest absolute Gasteiger partial charge is 0.226 e. The summed E-state index contributed by atoms with van der Waals surface area (Å²) in [6.07, 6.45) is 4.09. The standard InChI is InChI=1S/C24H18N4O2S/c29-22(12-13-23-26-15-19(30-23)16-6-2-1-3-7-16)28-21-11-10-17(14-25-21)24-27-18-8-4-5-9-20(18)31-24/h1-11,14-15H,12-13H2,(H,25,28,29). The number of amides is 1. The van der Waals surface area contributed by atoms with Gasteiger partial charge in [-0.3, -0.25) is 4.79 Å². The van der Waals surface area contributed by atoms with E-state index in [4.69, 9.17) is 4.42 Å². The van der Waals surface area contributed by atoms with Crippen molar-refractivity contribution in [1.82, 2.24) is 15.0 Å². The fraction of sp³-hybridized carbons (Fsp3) is 0.0833. The minimum absolute atomic E-state index is 0.139. The number of thiazole rings is 1. The van der Waals surface area contributed by atoms with Gasteiger partial charge in [0.1, 0.15) is 10.8 Å². The molecule has 0 atom stereocenters. The Morgan fingerprint density at radius 2 is 1.74 bits per heavy atom. The number of fused-ring (bicyclic) bond motifs is 1. The lowest BCUT2D eigenvalue weighted by atomic mass is 10.2. The molecule has 1 amide bonds. The minimum Gasteiger partial charge on any atom is -0.441 e. The Hall–Kier alpha value is -3.84. The molecule has 31 heavy (non-hydrogen) atoms. The molecule has 0 aliphatic carbocycles. The number of hydrogen-bond acceptors (Lipinski definition) is 6. The van der Waals surface area contributed by atoms with E-state index in [1.807, 2.05) is 54.6 Å². The molecule has 3 aromatic heterocycles. The largest absolute Gasteiger partial charge is 0.441 e. The van der Waals surface area contributed by atoms with Crippen LogP contribution in [0.2, 0.25) is 0 Å². The van der Waals surface area contributed by atoms with Crippen LogP contribution in [0.3, 0.4) is 0 Å². The molecule has 3 heterocycles. The molecule has 0 spiro atoms. The van der Waals surface area contributed by atoms with Gasteiger partial charge >= 0.3 is 0 Å². The maximum absolute atomic E-state index is 12.3. The fourth-order valence-corrected chi connectivity index (χ4v) is 4.13. The zero-order valence-electron chi connectivity index (χ0n) is 16.5. The summed E-state index contributed by atoms with van der Waals surface area (Å²) in [5.41, 5.74) is 2.86. The second kappa shape index (κ2) is 8.49. The molecule has 0 aliphatic heterocycles. The van der Waals surface area contributed by atoms with Gasteiger partial charge in [-0.25, -0.2) is 15.0 Å². The van der Waals surface area contributed by atoms with Gasteiger partial charge < -0.3 is 9.73 Å². The fourth-order valence-electron chi connectivity index (χ4n) is 3.18. The Labute approximate surface area is 182 Å². The van der Waals surface area contributed by atoms with E-state index in [1.54, 1.807) is 29.8 Å². The average molecular weight is 427 g/mol. The molecule has 2 aromatic carbocycles. The molecule has 0 unspecified atom stereocenters. The average Bonchev–Trinajstić information content (AvgIpc) is 3.46. The number of oxazole rings is 1. The minimum atomic E-state index is -0.139. The predicted molar refractivity (Wildman–Crippen MR) is 122 cm³/mol. The van der Waals surface area contributed by atoms with Crippen LogP contribution in [0.1, 0.15) is 12.3 Å². The van der Waals surface area contributed by atoms with Gasteiger partial charge in [0.05, 0.1) is 16.4 Å². The summed E-state index contributed by atoms with van der Waals surface area (Å²) in [6.45, 7) is 0. The first-order chi connectivity index (χ1) is 15.2. The molecular formula is C24H18N4O2S. The van der Waals surface area contributed by atoms with Crippen molar-refractivity contribution in [3.8, 4) is 21.9 Å². The number of aryl methyl sites for hydroxylation is 1. The summed E-state index contributed by atoms with van der Waals surface area (Å²) < 4.78 is 6.88. The van der Waals surface area contributed by atoms with Crippen LogP contribution < -0.4 is 5.32 Å². The molecule has 0 aliphatic rings. The van der Waals surface area contributed by atoms with E-state index in [1.165, 1.54) is 0 Å². The van der Waals surface area contributed by atoms with E-state index in [0.29, 0.717) is 23.9 Å². The van der Waals surface area contributed by atoms with Crippen molar-refractivity contribution in [2.24, 2.45) is 0 Å². The summed E-state index contributed by atoms with van der Waals surface area (Å²) in [7, 11) is 0. The first-order valence-electron chi connectivity index (χ1n) is 9.86. The van der Waals surface area contributed by atoms with E-state index >= 15 is 0 Å². The van der Waals surface area contributed by atoms with Gasteiger partial charge in [-0.1, -0.05) is 42.5 Å². The van der Waals surface area contributed by atoms with Crippen LogP contribution in [-0.2, 0) is 11.2 Å². The quantitative estimate of drug-likeness (QED) is 0.383. The van der Waals surface area contributed by atoms with Gasteiger partial charge in [0, 0.05) is 30.2 Å². The first-order valence-corrected chi connectivity index (χ1v) is 10.7. The second-order valence-corrected chi connectivity index (χ2v) is 7.98. The van der Waals surface area contributed by atoms with E-state index in [0.717, 1.165) is 26.4 Å². The highest BCUT2D eigenvalue weighted by molar-refractivity contribution is 7.21. The maximum Gasteiger partial charge on any atom is 0.226 e. The summed E-state index contributed by atoms with van der Waals surface area (Å²) in [6, 6.07) is 21.5. The van der Waals surface area contributed by atoms with E-state index < -0.39 is 0 Å². The predicted octanol–water partition coefficient (Wildman–Crippen LogP) is 5.58. The zero-order chi connectivity index (χ0) is 21.0. The van der Waals surface area contributed by atoms with Gasteiger partial charge in [0.15, 0.2) is 11.7 Å². The molecule has 152 valence electrons. The Bertz CT molecular complexity index is 1290. The number of nitrogens with one attached hydrogen (secondary N) is 1. The van der Waals surface area contributed by atoms with Crippen molar-refractivity contribution < 1.29 is 9.21 Å². The number of rotatable bonds is 6. The number of aromatic nitrogens is 3. The normalized spacial score (nSPS) is 11.0. The SMILES string of the molecule is O=C(CCc1ncc(-c2ccccc2)o1)Nc1ccc(-c2nc3ccccc3s2)cn1. The van der Waals surface area contributed by atoms with Crippen LogP contribution in [0.4, 0.5) is 5.82 Å². The molecule has 5 rings (SSSR count). The van der Waals surface area contributed by atoms with Crippen LogP contribution in [0, 0.1) is 0 Å². The van der Waals surface area contributed by atoms with Crippen LogP contribution in [-0.4, -0.2) is 20.9 Å². The lowest BCUT2D eigenvalue weighted by Crippen LogP contribution is -2.13. The summed E-state index contributed by atoms with van der Waals surface area (Å²) in [5.74, 6) is 1.60. The summed E-state index contributed by atoms with van der Waals surface area (Å²) in [5, 5.41) is 3.73. The maximum atomic E-state index is 12.3. The first kappa shape index (κ1) is 19.1. The van der Waals surface area contributed by atoms with Crippen LogP contribution in [0.5, 0.6) is 0 Å². The highest BCUT2D eigenvalue weighted by atomic mass is 32.1. The van der Waals surface area contributed by atoms with E-state index in [9.17, 15) is 4.79 Å². The number of hydrogen-bond donors (Lipinski definition) is 1. The Morgan fingerprint density at radius 1 is 0.903 bits per heavy atom. The molecule has 0 bridgehead atoms. The van der Waals surface area contributed by atoms with Gasteiger partial charge in [0.25, 0.3) is 0 Å². The molecule has 1 N–H and O–H groups in total. The highest BCUT2D eigenvalue weighted by Crippen LogP contribution is 2.29. The van der Waals surface area contributed by atoms with Crippen molar-refractivity contribution in [3.63, 3.8) is 0 Å². The topological polar surface area (TPSA) is 80.9 Å². The van der Waals surface area contributed by atoms with Crippen molar-refractivity contribution in [1.29, 1.82) is 0 Å². The number of carbonyl (C=O) groups excluding carboxylic acids is 1. The number of nitrogens with zero attached hydrogens (tertiary/aromatic N) is 3. The molecule has 0 saturated carbocycles. The number of para-hydroxylation sites is 1. The summed E-state index contributed by atoms with van der Waals surface area (Å²) >= 11 is 1.62. The lowest BCUT2D eigenvalue weighted by molar-refractivity contribution is -0.116. The number of benzene rings is 2. The second-order valence-electron chi connectivity index (χ2n) is 6.95. The number of carbonyl (C=O) groups is 1. The molecule has 0 fully saturated rings. The Kier molecular flexibility index (Phi) is 5.24. The number of anilines is 1. The third-order valence-electron chi connectivity index (χ3n) is 4.75. The molecule has 6 nitrogen and oxygen atoms in total. The third kappa shape index (κ3) is 4.36. The van der Waals surface area contributed by atoms with E-state index in [-0.39, 0.29) is 12.3 Å². The molecular weight excluding hydrogens is 408 g/mol. The molecule has 5 aromatic rings. The number of pyridine rings is 1. The van der Waals surface area contributed by atoms with Crippen molar-refractivity contribution in [2.45, 2.75) is 12.8 Å². The third-order valence-corrected chi connectivity index (χ3v) is 5.84. The monoisotopic (exact) mass is 426 g/mol. The van der Waals surface area contributed by atoms with Crippen molar-refractivity contribution in [2.75, 3.05) is 5.32 Å². The van der Waals surface area contributed by atoms with Gasteiger partial charge in [-0.2, -0.15) is 0 Å².